The molecule has 2 nitrogen and oxygen atoms in total. The van der Waals surface area contributed by atoms with Crippen LogP contribution >= 0.6 is 0 Å². The predicted molar refractivity (Wildman–Crippen MR) is 83.0 cm³/mol. The van der Waals surface area contributed by atoms with Crippen molar-refractivity contribution in [2.45, 2.75) is 60.4 Å². The smallest absolute Gasteiger partial charge is 0.0243 e. The molecule has 1 N–H and O–H groups in total. The Kier molecular flexibility index (Phi) is 9.76. The first kappa shape index (κ1) is 17.9. The molecule has 0 bridgehead atoms. The van der Waals surface area contributed by atoms with Gasteiger partial charge in [-0.3, -0.25) is 4.90 Å². The summed E-state index contributed by atoms with van der Waals surface area (Å²) >= 11 is 0. The number of nitrogens with one attached hydrogen (secondary N) is 1. The Hall–Kier alpha value is -0.0800. The molecule has 0 rings (SSSR count). The van der Waals surface area contributed by atoms with E-state index in [0.717, 1.165) is 24.3 Å². The summed E-state index contributed by atoms with van der Waals surface area (Å²) in [5, 5.41) is 3.36. The van der Waals surface area contributed by atoms with Crippen molar-refractivity contribution in [3.05, 3.63) is 0 Å². The van der Waals surface area contributed by atoms with Gasteiger partial charge in [-0.15, -0.1) is 0 Å². The Morgan fingerprint density at radius 1 is 0.833 bits per heavy atom. The highest BCUT2D eigenvalue weighted by atomic mass is 15.2. The summed E-state index contributed by atoms with van der Waals surface area (Å²) in [6.07, 6.45) is 2.62. The second-order valence-electron chi connectivity index (χ2n) is 6.77. The average molecular weight is 256 g/mol. The lowest BCUT2D eigenvalue weighted by molar-refractivity contribution is 0.139. The average Bonchev–Trinajstić information content (AvgIpc) is 2.26. The minimum atomic E-state index is 0.674. The maximum Gasteiger partial charge on any atom is 0.0243 e. The molecule has 1 unspecified atom stereocenters. The van der Waals surface area contributed by atoms with Gasteiger partial charge < -0.3 is 5.32 Å². The summed E-state index contributed by atoms with van der Waals surface area (Å²) in [4.78, 5) is 2.71. The van der Waals surface area contributed by atoms with Crippen molar-refractivity contribution >= 4 is 0 Å². The van der Waals surface area contributed by atoms with Crippen LogP contribution in [0.4, 0.5) is 0 Å². The lowest BCUT2D eigenvalue weighted by Crippen LogP contribution is -2.46. The molecule has 110 valence electrons. The molecule has 0 aliphatic rings. The SMILES string of the molecule is CNCC(C(C)C)N(CCC(C)C)CCC(C)C. The van der Waals surface area contributed by atoms with Gasteiger partial charge in [-0.2, -0.15) is 0 Å². The molecule has 2 heteroatoms. The maximum atomic E-state index is 3.36. The highest BCUT2D eigenvalue weighted by Gasteiger charge is 2.21. The molecule has 18 heavy (non-hydrogen) atoms. The van der Waals surface area contributed by atoms with Crippen LogP contribution in [-0.4, -0.2) is 37.6 Å². The molecule has 0 saturated heterocycles. The van der Waals surface area contributed by atoms with Crippen molar-refractivity contribution in [2.24, 2.45) is 17.8 Å². The first-order valence-electron chi connectivity index (χ1n) is 7.77. The summed E-state index contributed by atoms with van der Waals surface area (Å²) in [5.74, 6) is 2.32. The molecule has 0 saturated carbocycles. The standard InChI is InChI=1S/C16H36N2/c1-13(2)8-10-18(11-9-14(3)4)16(12-17-7)15(5)6/h13-17H,8-12H2,1-7H3. The minimum absolute atomic E-state index is 0.674. The van der Waals surface area contributed by atoms with Crippen LogP contribution in [-0.2, 0) is 0 Å². The number of hydrogen-bond acceptors (Lipinski definition) is 2. The van der Waals surface area contributed by atoms with Gasteiger partial charge in [-0.05, 0) is 50.7 Å². The van der Waals surface area contributed by atoms with E-state index in [1.54, 1.807) is 0 Å². The summed E-state index contributed by atoms with van der Waals surface area (Å²) in [6.45, 7) is 17.6. The molecule has 0 heterocycles. The molecule has 0 fully saturated rings. The third-order valence-corrected chi connectivity index (χ3v) is 3.64. The molecule has 0 aromatic heterocycles. The van der Waals surface area contributed by atoms with Crippen LogP contribution in [0.1, 0.15) is 54.4 Å². The van der Waals surface area contributed by atoms with E-state index < -0.39 is 0 Å². The zero-order valence-electron chi connectivity index (χ0n) is 13.8. The van der Waals surface area contributed by atoms with E-state index in [0.29, 0.717) is 6.04 Å². The minimum Gasteiger partial charge on any atom is -0.318 e. The summed E-state index contributed by atoms with van der Waals surface area (Å²) in [7, 11) is 2.07. The fourth-order valence-electron chi connectivity index (χ4n) is 2.29. The zero-order valence-corrected chi connectivity index (χ0v) is 13.8. The van der Waals surface area contributed by atoms with Gasteiger partial charge in [0.25, 0.3) is 0 Å². The normalized spacial score (nSPS) is 14.2. The molecule has 0 amide bonds. The van der Waals surface area contributed by atoms with Crippen molar-refractivity contribution in [3.63, 3.8) is 0 Å². The molecular weight excluding hydrogens is 220 g/mol. The van der Waals surface area contributed by atoms with Gasteiger partial charge in [-0.1, -0.05) is 41.5 Å². The zero-order chi connectivity index (χ0) is 14.1. The van der Waals surface area contributed by atoms with E-state index in [4.69, 9.17) is 0 Å². The molecule has 0 aromatic carbocycles. The van der Waals surface area contributed by atoms with Crippen LogP contribution in [0, 0.1) is 17.8 Å². The Morgan fingerprint density at radius 3 is 1.56 bits per heavy atom. The van der Waals surface area contributed by atoms with Crippen LogP contribution in [0.25, 0.3) is 0 Å². The topological polar surface area (TPSA) is 15.3 Å². The highest BCUT2D eigenvalue weighted by molar-refractivity contribution is 4.77. The second kappa shape index (κ2) is 9.80. The van der Waals surface area contributed by atoms with E-state index in [9.17, 15) is 0 Å². The van der Waals surface area contributed by atoms with Crippen LogP contribution in [0.3, 0.4) is 0 Å². The van der Waals surface area contributed by atoms with E-state index in [2.05, 4.69) is 58.8 Å². The van der Waals surface area contributed by atoms with Crippen LogP contribution in [0.2, 0.25) is 0 Å². The second-order valence-corrected chi connectivity index (χ2v) is 6.77. The summed E-state index contributed by atoms with van der Waals surface area (Å²) < 4.78 is 0. The lowest BCUT2D eigenvalue weighted by atomic mass is 9.99. The molecule has 0 aliphatic carbocycles. The van der Waals surface area contributed by atoms with Crippen LogP contribution in [0.15, 0.2) is 0 Å². The molecule has 1 atom stereocenters. The van der Waals surface area contributed by atoms with E-state index in [1.807, 2.05) is 0 Å². The lowest BCUT2D eigenvalue weighted by Gasteiger charge is -2.35. The van der Waals surface area contributed by atoms with Gasteiger partial charge in [0.1, 0.15) is 0 Å². The monoisotopic (exact) mass is 256 g/mol. The van der Waals surface area contributed by atoms with Crippen molar-refractivity contribution < 1.29 is 0 Å². The van der Waals surface area contributed by atoms with Crippen molar-refractivity contribution in [2.75, 3.05) is 26.7 Å². The van der Waals surface area contributed by atoms with Gasteiger partial charge in [0.2, 0.25) is 0 Å². The third-order valence-electron chi connectivity index (χ3n) is 3.64. The van der Waals surface area contributed by atoms with Gasteiger partial charge >= 0.3 is 0 Å². The number of likely N-dealkylation sites (N-methyl/N-ethyl adjacent to an activating group) is 1. The third kappa shape index (κ3) is 8.10. The van der Waals surface area contributed by atoms with E-state index in [1.165, 1.54) is 25.9 Å². The molecule has 0 spiro atoms. The number of rotatable bonds is 10. The van der Waals surface area contributed by atoms with Crippen LogP contribution < -0.4 is 5.32 Å². The van der Waals surface area contributed by atoms with Gasteiger partial charge in [-0.25, -0.2) is 0 Å². The predicted octanol–water partition coefficient (Wildman–Crippen LogP) is 3.62. The van der Waals surface area contributed by atoms with Gasteiger partial charge in [0, 0.05) is 12.6 Å². The molecule has 0 aromatic rings. The number of hydrogen-bond donors (Lipinski definition) is 1. The Bertz CT molecular complexity index is 176. The Balaban J connectivity index is 4.47. The number of nitrogens with zero attached hydrogens (tertiary/aromatic N) is 1. The van der Waals surface area contributed by atoms with Crippen LogP contribution in [0.5, 0.6) is 0 Å². The molecule has 0 aliphatic heterocycles. The first-order valence-corrected chi connectivity index (χ1v) is 7.77. The van der Waals surface area contributed by atoms with Crippen molar-refractivity contribution in [1.29, 1.82) is 0 Å². The largest absolute Gasteiger partial charge is 0.318 e. The summed E-state index contributed by atoms with van der Waals surface area (Å²) in [5.41, 5.74) is 0. The Morgan fingerprint density at radius 2 is 1.28 bits per heavy atom. The molecular formula is C16H36N2. The fraction of sp³-hybridized carbons (Fsp3) is 1.00. The fourth-order valence-corrected chi connectivity index (χ4v) is 2.29. The van der Waals surface area contributed by atoms with Gasteiger partial charge in [0.05, 0.1) is 0 Å². The van der Waals surface area contributed by atoms with E-state index >= 15 is 0 Å². The quantitative estimate of drug-likeness (QED) is 0.642. The van der Waals surface area contributed by atoms with Crippen molar-refractivity contribution in [1.82, 2.24) is 10.2 Å². The first-order chi connectivity index (χ1) is 8.38. The van der Waals surface area contributed by atoms with Crippen molar-refractivity contribution in [3.8, 4) is 0 Å². The Labute approximate surface area is 116 Å². The molecule has 0 radical (unpaired) electrons. The summed E-state index contributed by atoms with van der Waals surface area (Å²) in [6, 6.07) is 0.674. The van der Waals surface area contributed by atoms with E-state index in [-0.39, 0.29) is 0 Å². The highest BCUT2D eigenvalue weighted by Crippen LogP contribution is 2.15. The van der Waals surface area contributed by atoms with Gasteiger partial charge in [0.15, 0.2) is 0 Å². The maximum absolute atomic E-state index is 3.36.